The summed E-state index contributed by atoms with van der Waals surface area (Å²) < 4.78 is 7.49. The first-order valence-electron chi connectivity index (χ1n) is 5.19. The van der Waals surface area contributed by atoms with Gasteiger partial charge >= 0.3 is 0 Å². The van der Waals surface area contributed by atoms with Crippen LogP contribution in [0, 0.1) is 0 Å². The zero-order valence-corrected chi connectivity index (χ0v) is 12.0. The van der Waals surface area contributed by atoms with Crippen molar-refractivity contribution in [3.63, 3.8) is 0 Å². The average Bonchev–Trinajstić information content (AvgIpc) is 2.35. The number of aromatic nitrogens is 1. The van der Waals surface area contributed by atoms with E-state index in [4.69, 9.17) is 9.94 Å². The van der Waals surface area contributed by atoms with Crippen LogP contribution in [0.3, 0.4) is 0 Å². The molecule has 0 saturated carbocycles. The van der Waals surface area contributed by atoms with Gasteiger partial charge in [0.1, 0.15) is 24.8 Å². The van der Waals surface area contributed by atoms with E-state index in [1.165, 1.54) is 6.21 Å². The number of hydrogen-bond acceptors (Lipinski definition) is 3. The molecule has 18 heavy (non-hydrogen) atoms. The van der Waals surface area contributed by atoms with Crippen LogP contribution in [0.2, 0.25) is 0 Å². The molecule has 1 aromatic carbocycles. The Hall–Kier alpha value is -1.63. The fourth-order valence-electron chi connectivity index (χ4n) is 1.44. The summed E-state index contributed by atoms with van der Waals surface area (Å²) in [5, 5.41) is 11.6. The lowest BCUT2D eigenvalue weighted by atomic mass is 10.3. The maximum absolute atomic E-state index is 8.54. The molecule has 4 nitrogen and oxygen atoms in total. The molecule has 0 unspecified atom stereocenters. The lowest BCUT2D eigenvalue weighted by molar-refractivity contribution is -0.672. The van der Waals surface area contributed by atoms with Gasteiger partial charge < -0.3 is 33.9 Å². The highest BCUT2D eigenvalue weighted by Crippen LogP contribution is 2.19. The lowest BCUT2D eigenvalue weighted by Crippen LogP contribution is -3.00. The predicted molar refractivity (Wildman–Crippen MR) is 63.5 cm³/mol. The second-order valence-corrected chi connectivity index (χ2v) is 3.56. The van der Waals surface area contributed by atoms with E-state index in [-0.39, 0.29) is 24.0 Å². The first-order valence-corrected chi connectivity index (χ1v) is 5.19. The molecule has 2 aromatic rings. The quantitative estimate of drug-likeness (QED) is 0.255. The number of halogens is 1. The molecule has 0 amide bonds. The van der Waals surface area contributed by atoms with E-state index in [1.807, 2.05) is 54.2 Å². The molecular weight excluding hydrogens is 343 g/mol. The first-order chi connectivity index (χ1) is 8.29. The van der Waals surface area contributed by atoms with E-state index in [0.717, 1.165) is 11.4 Å². The SMILES string of the molecule is C[n+]1ccc(Oc2ccccc2)cc1/C=N/O.[I-]. The van der Waals surface area contributed by atoms with Gasteiger partial charge in [0.15, 0.2) is 6.20 Å². The molecule has 0 bridgehead atoms. The molecule has 1 aromatic heterocycles. The molecule has 5 heteroatoms. The van der Waals surface area contributed by atoms with Crippen molar-refractivity contribution in [3.05, 3.63) is 54.4 Å². The summed E-state index contributed by atoms with van der Waals surface area (Å²) in [6, 6.07) is 13.2. The Kier molecular flexibility index (Phi) is 5.57. The van der Waals surface area contributed by atoms with Crippen molar-refractivity contribution < 1.29 is 38.5 Å². The molecule has 1 N–H and O–H groups in total. The Morgan fingerprint density at radius 3 is 2.56 bits per heavy atom. The summed E-state index contributed by atoms with van der Waals surface area (Å²) in [7, 11) is 1.86. The van der Waals surface area contributed by atoms with Gasteiger partial charge in [-0.2, -0.15) is 4.57 Å². The monoisotopic (exact) mass is 356 g/mol. The topological polar surface area (TPSA) is 45.7 Å². The van der Waals surface area contributed by atoms with E-state index in [2.05, 4.69) is 5.16 Å². The zero-order valence-electron chi connectivity index (χ0n) is 9.82. The third-order valence-electron chi connectivity index (χ3n) is 2.33. The van der Waals surface area contributed by atoms with E-state index in [9.17, 15) is 0 Å². The van der Waals surface area contributed by atoms with Crippen LogP contribution in [0.4, 0.5) is 0 Å². The summed E-state index contributed by atoms with van der Waals surface area (Å²) >= 11 is 0. The number of aryl methyl sites for hydroxylation is 1. The molecule has 0 spiro atoms. The largest absolute Gasteiger partial charge is 1.00 e. The Balaban J connectivity index is 0.00000162. The Morgan fingerprint density at radius 2 is 1.89 bits per heavy atom. The zero-order chi connectivity index (χ0) is 12.1. The van der Waals surface area contributed by atoms with Gasteiger partial charge in [-0.05, 0) is 12.1 Å². The summed E-state index contributed by atoms with van der Waals surface area (Å²) in [5.41, 5.74) is 0.751. The number of hydrogen-bond donors (Lipinski definition) is 1. The van der Waals surface area contributed by atoms with Gasteiger partial charge in [-0.1, -0.05) is 23.4 Å². The van der Waals surface area contributed by atoms with Crippen LogP contribution < -0.4 is 33.3 Å². The van der Waals surface area contributed by atoms with Crippen molar-refractivity contribution in [1.82, 2.24) is 0 Å². The maximum Gasteiger partial charge on any atom is 0.230 e. The lowest BCUT2D eigenvalue weighted by Gasteiger charge is -2.04. The second-order valence-electron chi connectivity index (χ2n) is 3.56. The molecule has 0 aliphatic carbocycles. The normalized spacial score (nSPS) is 10.1. The summed E-state index contributed by atoms with van der Waals surface area (Å²) in [6.45, 7) is 0. The predicted octanol–water partition coefficient (Wildman–Crippen LogP) is -0.884. The van der Waals surface area contributed by atoms with Gasteiger partial charge in [0.2, 0.25) is 5.69 Å². The van der Waals surface area contributed by atoms with Crippen LogP contribution in [-0.4, -0.2) is 11.4 Å². The number of pyridine rings is 1. The van der Waals surface area contributed by atoms with E-state index >= 15 is 0 Å². The minimum atomic E-state index is 0. The van der Waals surface area contributed by atoms with Crippen LogP contribution in [-0.2, 0) is 7.05 Å². The Labute approximate surface area is 123 Å². The van der Waals surface area contributed by atoms with Crippen LogP contribution in [0.25, 0.3) is 0 Å². The molecule has 2 rings (SSSR count). The first kappa shape index (κ1) is 14.4. The third-order valence-corrected chi connectivity index (χ3v) is 2.33. The van der Waals surface area contributed by atoms with Crippen LogP contribution in [0.15, 0.2) is 53.8 Å². The smallest absolute Gasteiger partial charge is 0.230 e. The third kappa shape index (κ3) is 3.69. The fraction of sp³-hybridized carbons (Fsp3) is 0.0769. The van der Waals surface area contributed by atoms with Crippen molar-refractivity contribution >= 4 is 6.21 Å². The molecule has 94 valence electrons. The molecule has 0 saturated heterocycles. The van der Waals surface area contributed by atoms with Crippen molar-refractivity contribution in [1.29, 1.82) is 0 Å². The van der Waals surface area contributed by atoms with Gasteiger partial charge in [-0.25, -0.2) is 0 Å². The minimum Gasteiger partial charge on any atom is -1.00 e. The summed E-state index contributed by atoms with van der Waals surface area (Å²) in [4.78, 5) is 0. The van der Waals surface area contributed by atoms with Gasteiger partial charge in [0, 0.05) is 6.07 Å². The molecule has 0 aliphatic heterocycles. The standard InChI is InChI=1S/C13H12N2O2.HI/c1-15-8-7-13(9-11(15)10-14-16)17-12-5-3-2-4-6-12;/h2-10H,1H3;1H. The van der Waals surface area contributed by atoms with Crippen LogP contribution >= 0.6 is 0 Å². The summed E-state index contributed by atoms with van der Waals surface area (Å²) in [5.74, 6) is 1.47. The molecule has 0 aliphatic rings. The van der Waals surface area contributed by atoms with Crippen molar-refractivity contribution in [2.75, 3.05) is 0 Å². The van der Waals surface area contributed by atoms with E-state index < -0.39 is 0 Å². The molecule has 0 fully saturated rings. The van der Waals surface area contributed by atoms with Crippen molar-refractivity contribution in [2.45, 2.75) is 0 Å². The average molecular weight is 356 g/mol. The van der Waals surface area contributed by atoms with Crippen LogP contribution in [0.1, 0.15) is 5.69 Å². The highest BCUT2D eigenvalue weighted by Gasteiger charge is 2.06. The molecule has 0 atom stereocenters. The van der Waals surface area contributed by atoms with E-state index in [0.29, 0.717) is 5.75 Å². The number of rotatable bonds is 3. The van der Waals surface area contributed by atoms with Gasteiger partial charge in [0.05, 0.1) is 6.07 Å². The van der Waals surface area contributed by atoms with Crippen LogP contribution in [0.5, 0.6) is 11.5 Å². The molecule has 1 heterocycles. The number of para-hydroxylation sites is 1. The Bertz CT molecular complexity index is 530. The number of ether oxygens (including phenoxy) is 1. The Morgan fingerprint density at radius 1 is 1.17 bits per heavy atom. The molecular formula is C13H13IN2O2. The highest BCUT2D eigenvalue weighted by atomic mass is 127. The molecule has 0 radical (unpaired) electrons. The fourth-order valence-corrected chi connectivity index (χ4v) is 1.44. The van der Waals surface area contributed by atoms with Crippen molar-refractivity contribution in [2.24, 2.45) is 12.2 Å². The highest BCUT2D eigenvalue weighted by molar-refractivity contribution is 5.74. The van der Waals surface area contributed by atoms with Gasteiger partial charge in [-0.3, -0.25) is 0 Å². The number of benzene rings is 1. The maximum atomic E-state index is 8.54. The minimum absolute atomic E-state index is 0. The van der Waals surface area contributed by atoms with E-state index in [1.54, 1.807) is 6.07 Å². The number of oxime groups is 1. The van der Waals surface area contributed by atoms with Crippen molar-refractivity contribution in [3.8, 4) is 11.5 Å². The summed E-state index contributed by atoms with van der Waals surface area (Å²) in [6.07, 6.45) is 3.20. The second kappa shape index (κ2) is 6.95. The van der Waals surface area contributed by atoms with Gasteiger partial charge in [-0.15, -0.1) is 0 Å². The number of nitrogens with zero attached hydrogens (tertiary/aromatic N) is 2. The van der Waals surface area contributed by atoms with Gasteiger partial charge in [0.25, 0.3) is 0 Å².